The molecule has 0 bridgehead atoms. The SMILES string of the molecule is CC(=O)N(CCC(=O)NCCN(C)C)Cc1ccccc1F. The number of benzene rings is 1. The molecule has 5 nitrogen and oxygen atoms in total. The highest BCUT2D eigenvalue weighted by Gasteiger charge is 2.13. The molecular weight excluding hydrogens is 285 g/mol. The van der Waals surface area contributed by atoms with Crippen molar-refractivity contribution in [2.45, 2.75) is 19.9 Å². The van der Waals surface area contributed by atoms with Gasteiger partial charge in [0.05, 0.1) is 0 Å². The maximum atomic E-state index is 13.6. The fourth-order valence-electron chi connectivity index (χ4n) is 1.92. The summed E-state index contributed by atoms with van der Waals surface area (Å²) in [5.74, 6) is -0.629. The number of carbonyl (C=O) groups excluding carboxylic acids is 2. The quantitative estimate of drug-likeness (QED) is 0.786. The Bertz CT molecular complexity index is 506. The van der Waals surface area contributed by atoms with Gasteiger partial charge in [-0.1, -0.05) is 18.2 Å². The largest absolute Gasteiger partial charge is 0.355 e. The standard InChI is InChI=1S/C16H24FN3O2/c1-13(21)20(12-14-6-4-5-7-15(14)17)10-8-16(22)18-9-11-19(2)3/h4-7H,8-12H2,1-3H3,(H,18,22). The van der Waals surface area contributed by atoms with E-state index in [1.54, 1.807) is 18.2 Å². The van der Waals surface area contributed by atoms with Gasteiger partial charge in [0.25, 0.3) is 0 Å². The number of amides is 2. The molecule has 1 rings (SSSR count). The van der Waals surface area contributed by atoms with Crippen LogP contribution in [0.3, 0.4) is 0 Å². The zero-order valence-corrected chi connectivity index (χ0v) is 13.4. The molecule has 6 heteroatoms. The van der Waals surface area contributed by atoms with Gasteiger partial charge in [-0.3, -0.25) is 9.59 Å². The van der Waals surface area contributed by atoms with E-state index in [1.165, 1.54) is 17.9 Å². The van der Waals surface area contributed by atoms with Crippen molar-refractivity contribution in [3.8, 4) is 0 Å². The summed E-state index contributed by atoms with van der Waals surface area (Å²) in [5.41, 5.74) is 0.450. The van der Waals surface area contributed by atoms with Crippen LogP contribution in [-0.2, 0) is 16.1 Å². The lowest BCUT2D eigenvalue weighted by molar-refractivity contribution is -0.130. The van der Waals surface area contributed by atoms with Crippen LogP contribution in [0.15, 0.2) is 24.3 Å². The van der Waals surface area contributed by atoms with Crippen LogP contribution in [0, 0.1) is 5.82 Å². The second-order valence-corrected chi connectivity index (χ2v) is 5.44. The maximum Gasteiger partial charge on any atom is 0.221 e. The van der Waals surface area contributed by atoms with Crippen LogP contribution in [0.5, 0.6) is 0 Å². The van der Waals surface area contributed by atoms with Crippen LogP contribution in [0.4, 0.5) is 4.39 Å². The molecule has 1 aromatic carbocycles. The number of nitrogens with one attached hydrogen (secondary N) is 1. The van der Waals surface area contributed by atoms with Gasteiger partial charge in [-0.05, 0) is 20.2 Å². The van der Waals surface area contributed by atoms with E-state index >= 15 is 0 Å². The van der Waals surface area contributed by atoms with E-state index in [1.807, 2.05) is 19.0 Å². The Balaban J connectivity index is 2.46. The Morgan fingerprint density at radius 2 is 1.86 bits per heavy atom. The van der Waals surface area contributed by atoms with Crippen molar-refractivity contribution in [2.75, 3.05) is 33.7 Å². The number of halogens is 1. The summed E-state index contributed by atoms with van der Waals surface area (Å²) in [6, 6.07) is 6.34. The average Bonchev–Trinajstić information content (AvgIpc) is 2.44. The fraction of sp³-hybridized carbons (Fsp3) is 0.500. The second kappa shape index (κ2) is 9.15. The van der Waals surface area contributed by atoms with E-state index in [0.29, 0.717) is 12.1 Å². The third-order valence-corrected chi connectivity index (χ3v) is 3.25. The number of nitrogens with zero attached hydrogens (tertiary/aromatic N) is 2. The van der Waals surface area contributed by atoms with Gasteiger partial charge in [-0.2, -0.15) is 0 Å². The lowest BCUT2D eigenvalue weighted by Crippen LogP contribution is -2.35. The predicted octanol–water partition coefficient (Wildman–Crippen LogP) is 1.24. The van der Waals surface area contributed by atoms with Crippen molar-refractivity contribution >= 4 is 11.8 Å². The molecule has 0 unspecified atom stereocenters. The van der Waals surface area contributed by atoms with Crippen molar-refractivity contribution in [1.29, 1.82) is 0 Å². The van der Waals surface area contributed by atoms with E-state index < -0.39 is 0 Å². The molecule has 0 spiro atoms. The molecule has 0 heterocycles. The topological polar surface area (TPSA) is 52.7 Å². The molecule has 0 atom stereocenters. The Labute approximate surface area is 131 Å². The van der Waals surface area contributed by atoms with Gasteiger partial charge < -0.3 is 15.1 Å². The Morgan fingerprint density at radius 3 is 2.45 bits per heavy atom. The van der Waals surface area contributed by atoms with E-state index in [0.717, 1.165) is 6.54 Å². The smallest absolute Gasteiger partial charge is 0.221 e. The summed E-state index contributed by atoms with van der Waals surface area (Å²) < 4.78 is 13.6. The number of carbonyl (C=O) groups is 2. The lowest BCUT2D eigenvalue weighted by Gasteiger charge is -2.21. The molecule has 0 aliphatic heterocycles. The van der Waals surface area contributed by atoms with Gasteiger partial charge in [0.1, 0.15) is 5.82 Å². The molecule has 1 N–H and O–H groups in total. The van der Waals surface area contributed by atoms with Crippen LogP contribution < -0.4 is 5.32 Å². The molecular formula is C16H24FN3O2. The van der Waals surface area contributed by atoms with Gasteiger partial charge >= 0.3 is 0 Å². The van der Waals surface area contributed by atoms with E-state index in [2.05, 4.69) is 5.32 Å². The molecule has 0 saturated carbocycles. The van der Waals surface area contributed by atoms with Crippen molar-refractivity contribution in [1.82, 2.24) is 15.1 Å². The molecule has 0 aliphatic carbocycles. The average molecular weight is 309 g/mol. The van der Waals surface area contributed by atoms with E-state index in [-0.39, 0.29) is 37.1 Å². The van der Waals surface area contributed by atoms with Gasteiger partial charge in [0.2, 0.25) is 11.8 Å². The molecule has 0 fully saturated rings. The Morgan fingerprint density at radius 1 is 1.18 bits per heavy atom. The summed E-state index contributed by atoms with van der Waals surface area (Å²) in [4.78, 5) is 26.8. The minimum atomic E-state index is -0.343. The minimum absolute atomic E-state index is 0.110. The summed E-state index contributed by atoms with van der Waals surface area (Å²) in [7, 11) is 3.86. The van der Waals surface area contributed by atoms with Crippen molar-refractivity contribution in [3.05, 3.63) is 35.6 Å². The maximum absolute atomic E-state index is 13.6. The van der Waals surface area contributed by atoms with Gasteiger partial charge in [-0.15, -0.1) is 0 Å². The molecule has 1 aromatic rings. The zero-order valence-electron chi connectivity index (χ0n) is 13.4. The van der Waals surface area contributed by atoms with Crippen LogP contribution >= 0.6 is 0 Å². The third kappa shape index (κ3) is 6.67. The van der Waals surface area contributed by atoms with E-state index in [9.17, 15) is 14.0 Å². The molecule has 2 amide bonds. The highest BCUT2D eigenvalue weighted by Crippen LogP contribution is 2.10. The Hall–Kier alpha value is -1.95. The number of rotatable bonds is 8. The molecule has 0 radical (unpaired) electrons. The lowest BCUT2D eigenvalue weighted by atomic mass is 10.2. The van der Waals surface area contributed by atoms with Crippen LogP contribution in [0.25, 0.3) is 0 Å². The van der Waals surface area contributed by atoms with Crippen LogP contribution in [0.2, 0.25) is 0 Å². The normalized spacial score (nSPS) is 10.6. The van der Waals surface area contributed by atoms with Crippen molar-refractivity contribution in [3.63, 3.8) is 0 Å². The molecule has 122 valence electrons. The minimum Gasteiger partial charge on any atom is -0.355 e. The summed E-state index contributed by atoms with van der Waals surface area (Å²) >= 11 is 0. The van der Waals surface area contributed by atoms with Crippen molar-refractivity contribution < 1.29 is 14.0 Å². The fourth-order valence-corrected chi connectivity index (χ4v) is 1.92. The number of hydrogen-bond acceptors (Lipinski definition) is 3. The second-order valence-electron chi connectivity index (χ2n) is 5.44. The summed E-state index contributed by atoms with van der Waals surface area (Å²) in [5, 5.41) is 2.79. The first kappa shape index (κ1) is 18.1. The molecule has 0 aliphatic rings. The first-order valence-electron chi connectivity index (χ1n) is 7.30. The summed E-state index contributed by atoms with van der Waals surface area (Å²) in [6.45, 7) is 3.20. The van der Waals surface area contributed by atoms with E-state index in [4.69, 9.17) is 0 Å². The van der Waals surface area contributed by atoms with Gasteiger partial charge in [0.15, 0.2) is 0 Å². The monoisotopic (exact) mass is 309 g/mol. The third-order valence-electron chi connectivity index (χ3n) is 3.25. The molecule has 0 aromatic heterocycles. The Kier molecular flexibility index (Phi) is 7.52. The van der Waals surface area contributed by atoms with Gasteiger partial charge in [0, 0.05) is 45.1 Å². The number of hydrogen-bond donors (Lipinski definition) is 1. The van der Waals surface area contributed by atoms with Gasteiger partial charge in [-0.25, -0.2) is 4.39 Å². The first-order chi connectivity index (χ1) is 10.4. The molecule has 0 saturated heterocycles. The highest BCUT2D eigenvalue weighted by molar-refractivity contribution is 5.78. The van der Waals surface area contributed by atoms with Crippen LogP contribution in [-0.4, -0.2) is 55.3 Å². The highest BCUT2D eigenvalue weighted by atomic mass is 19.1. The summed E-state index contributed by atoms with van der Waals surface area (Å²) in [6.07, 6.45) is 0.210. The number of likely N-dealkylation sites (N-methyl/N-ethyl adjacent to an activating group) is 1. The zero-order chi connectivity index (χ0) is 16.5. The molecule has 22 heavy (non-hydrogen) atoms. The van der Waals surface area contributed by atoms with Crippen LogP contribution in [0.1, 0.15) is 18.9 Å². The predicted molar refractivity (Wildman–Crippen MR) is 83.7 cm³/mol. The van der Waals surface area contributed by atoms with Crippen molar-refractivity contribution in [2.24, 2.45) is 0 Å². The first-order valence-corrected chi connectivity index (χ1v) is 7.30.